The normalized spacial score (nSPS) is 21.8. The largest absolute Gasteiger partial charge is 0.263 e. The zero-order valence-electron chi connectivity index (χ0n) is 20.7. The van der Waals surface area contributed by atoms with Gasteiger partial charge in [0.25, 0.3) is 0 Å². The maximum atomic E-state index is 14.5. The molecule has 1 N–H and O–H groups in total. The van der Waals surface area contributed by atoms with Crippen LogP contribution < -0.4 is 0 Å². The van der Waals surface area contributed by atoms with Crippen molar-refractivity contribution in [2.24, 2.45) is 5.41 Å². The minimum Gasteiger partial charge on any atom is -0.263 e. The van der Waals surface area contributed by atoms with E-state index in [-0.39, 0.29) is 22.2 Å². The summed E-state index contributed by atoms with van der Waals surface area (Å²) >= 11 is 0. The molecule has 2 atom stereocenters. The average Bonchev–Trinajstić information content (AvgIpc) is 3.44. The van der Waals surface area contributed by atoms with Gasteiger partial charge in [0.05, 0.1) is 28.1 Å². The molecule has 3 heterocycles. The highest BCUT2D eigenvalue weighted by molar-refractivity contribution is 7.90. The molecule has 0 unspecified atom stereocenters. The van der Waals surface area contributed by atoms with Crippen LogP contribution in [0.3, 0.4) is 0 Å². The van der Waals surface area contributed by atoms with E-state index in [1.54, 1.807) is 13.0 Å². The van der Waals surface area contributed by atoms with Gasteiger partial charge in [-0.3, -0.25) is 5.10 Å². The Kier molecular flexibility index (Phi) is 4.95. The Morgan fingerprint density at radius 1 is 1.05 bits per heavy atom. The van der Waals surface area contributed by atoms with E-state index in [0.717, 1.165) is 18.2 Å². The summed E-state index contributed by atoms with van der Waals surface area (Å²) in [7, 11) is -3.66. The Hall–Kier alpha value is -3.60. The predicted molar refractivity (Wildman–Crippen MR) is 131 cm³/mol. The molecule has 2 aliphatic rings. The number of H-pyrrole nitrogens is 1. The van der Waals surface area contributed by atoms with Crippen molar-refractivity contribution >= 4 is 9.84 Å². The van der Waals surface area contributed by atoms with Crippen LogP contribution in [0.5, 0.6) is 0 Å². The summed E-state index contributed by atoms with van der Waals surface area (Å²) in [4.78, 5) is 9.04. The maximum Gasteiger partial charge on any atom is 0.192 e. The van der Waals surface area contributed by atoms with E-state index in [1.807, 2.05) is 6.07 Å². The van der Waals surface area contributed by atoms with Crippen molar-refractivity contribution in [3.63, 3.8) is 0 Å². The second-order valence-corrected chi connectivity index (χ2v) is 12.4. The monoisotopic (exact) mass is 522 g/mol. The molecule has 190 valence electrons. The van der Waals surface area contributed by atoms with E-state index >= 15 is 0 Å². The molecule has 4 aromatic rings. The van der Waals surface area contributed by atoms with Crippen molar-refractivity contribution in [2.75, 3.05) is 6.26 Å². The first kappa shape index (κ1) is 23.8. The quantitative estimate of drug-likeness (QED) is 0.419. The summed E-state index contributed by atoms with van der Waals surface area (Å²) < 4.78 is 54.4. The molecular formula is C26H24F2N6O2S. The van der Waals surface area contributed by atoms with Crippen LogP contribution in [-0.2, 0) is 15.3 Å². The van der Waals surface area contributed by atoms with Crippen molar-refractivity contribution in [2.45, 2.75) is 50.0 Å². The minimum atomic E-state index is -3.66. The van der Waals surface area contributed by atoms with Crippen LogP contribution in [0, 0.1) is 24.0 Å². The lowest BCUT2D eigenvalue weighted by atomic mass is 9.66. The molecule has 1 aromatic carbocycles. The Balaban J connectivity index is 1.59. The number of sulfone groups is 1. The fourth-order valence-electron chi connectivity index (χ4n) is 6.27. The first-order valence-corrected chi connectivity index (χ1v) is 13.8. The summed E-state index contributed by atoms with van der Waals surface area (Å²) in [5.74, 6) is -0.437. The molecule has 3 aromatic heterocycles. The van der Waals surface area contributed by atoms with Gasteiger partial charge in [0.2, 0.25) is 0 Å². The molecule has 11 heteroatoms. The van der Waals surface area contributed by atoms with Gasteiger partial charge in [0.15, 0.2) is 20.7 Å². The highest BCUT2D eigenvalue weighted by Crippen LogP contribution is 2.69. The number of pyridine rings is 1. The number of aromatic nitrogens is 6. The van der Waals surface area contributed by atoms with Crippen LogP contribution in [0.2, 0.25) is 0 Å². The van der Waals surface area contributed by atoms with Gasteiger partial charge in [-0.2, -0.15) is 10.2 Å². The van der Waals surface area contributed by atoms with Crippen LogP contribution in [0.1, 0.15) is 55.4 Å². The molecule has 37 heavy (non-hydrogen) atoms. The fraction of sp³-hybridized carbons (Fsp3) is 0.346. The zero-order valence-corrected chi connectivity index (χ0v) is 21.5. The smallest absolute Gasteiger partial charge is 0.192 e. The molecule has 1 fully saturated rings. The Labute approximate surface area is 212 Å². The highest BCUT2D eigenvalue weighted by atomic mass is 32.2. The van der Waals surface area contributed by atoms with E-state index in [9.17, 15) is 17.2 Å². The minimum absolute atomic E-state index is 0.0180. The molecule has 1 saturated carbocycles. The van der Waals surface area contributed by atoms with Crippen molar-refractivity contribution in [1.29, 1.82) is 0 Å². The molecule has 6 rings (SSSR count). The highest BCUT2D eigenvalue weighted by Gasteiger charge is 2.65. The number of nitrogens with zero attached hydrogens (tertiary/aromatic N) is 5. The molecule has 0 radical (unpaired) electrons. The first-order valence-electron chi connectivity index (χ1n) is 11.9. The lowest BCUT2D eigenvalue weighted by Crippen LogP contribution is -2.38. The van der Waals surface area contributed by atoms with Gasteiger partial charge in [-0.15, -0.1) is 5.10 Å². The van der Waals surface area contributed by atoms with Crippen LogP contribution >= 0.6 is 0 Å². The summed E-state index contributed by atoms with van der Waals surface area (Å²) in [6.07, 6.45) is 2.57. The lowest BCUT2D eigenvalue weighted by Gasteiger charge is -2.37. The Morgan fingerprint density at radius 2 is 1.78 bits per heavy atom. The van der Waals surface area contributed by atoms with E-state index in [4.69, 9.17) is 0 Å². The number of rotatable bonds is 4. The van der Waals surface area contributed by atoms with E-state index in [1.165, 1.54) is 24.3 Å². The zero-order chi connectivity index (χ0) is 26.3. The molecule has 2 aliphatic carbocycles. The van der Waals surface area contributed by atoms with Gasteiger partial charge in [0, 0.05) is 11.8 Å². The Bertz CT molecular complexity index is 1680. The molecular weight excluding hydrogens is 498 g/mol. The van der Waals surface area contributed by atoms with Gasteiger partial charge in [0.1, 0.15) is 17.5 Å². The number of fused-ring (bicyclic) bond motifs is 5. The van der Waals surface area contributed by atoms with Crippen molar-refractivity contribution < 1.29 is 17.2 Å². The van der Waals surface area contributed by atoms with Crippen LogP contribution in [0.15, 0.2) is 41.4 Å². The lowest BCUT2D eigenvalue weighted by molar-refractivity contribution is 0.242. The topological polar surface area (TPSA) is 114 Å². The molecule has 0 aliphatic heterocycles. The molecule has 2 bridgehead atoms. The molecule has 0 amide bonds. The van der Waals surface area contributed by atoms with Crippen molar-refractivity contribution in [3.8, 4) is 22.6 Å². The molecule has 8 nitrogen and oxygen atoms in total. The number of aryl methyl sites for hydroxylation is 1. The SMILES string of the molecule is Cc1nc(-c2cc([C@]34CC[C@@H](c5cc(-c6c(F)cccc6F)nnc53)C4(C)C)nc(S(C)(=O)=O)c2)n[nH]1. The summed E-state index contributed by atoms with van der Waals surface area (Å²) in [6.45, 7) is 5.96. The molecule has 0 spiro atoms. The third-order valence-electron chi connectivity index (χ3n) is 8.08. The number of nitrogens with one attached hydrogen (secondary N) is 1. The standard InChI is InChI=1S/C26H24F2N6O2S/c1-13-29-24(34-31-13)14-10-20(30-21(11-14)37(4,35)36)26-9-8-16(25(26,2)3)15-12-19(32-33-23(15)26)22-17(27)6-5-7-18(22)28/h5-7,10-12,16H,8-9H2,1-4H3,(H,29,31,34)/t16-,26+/m0/s1. The van der Waals surface area contributed by atoms with Crippen LogP contribution in [0.25, 0.3) is 22.6 Å². The predicted octanol–water partition coefficient (Wildman–Crippen LogP) is 4.52. The second kappa shape index (κ2) is 7.70. The summed E-state index contributed by atoms with van der Waals surface area (Å²) in [5.41, 5.74) is 1.30. The van der Waals surface area contributed by atoms with E-state index in [0.29, 0.717) is 35.0 Å². The van der Waals surface area contributed by atoms with Gasteiger partial charge in [-0.1, -0.05) is 19.9 Å². The first-order chi connectivity index (χ1) is 17.4. The number of benzene rings is 1. The third-order valence-corrected chi connectivity index (χ3v) is 9.04. The van der Waals surface area contributed by atoms with Gasteiger partial charge >= 0.3 is 0 Å². The molecule has 0 saturated heterocycles. The average molecular weight is 523 g/mol. The van der Waals surface area contributed by atoms with E-state index < -0.39 is 32.3 Å². The number of hydrogen-bond acceptors (Lipinski definition) is 7. The second-order valence-electron chi connectivity index (χ2n) is 10.4. The van der Waals surface area contributed by atoms with Gasteiger partial charge < -0.3 is 0 Å². The van der Waals surface area contributed by atoms with Crippen molar-refractivity contribution in [1.82, 2.24) is 30.4 Å². The number of halogens is 2. The number of hydrogen-bond donors (Lipinski definition) is 1. The number of aromatic amines is 1. The maximum absolute atomic E-state index is 14.5. The summed E-state index contributed by atoms with van der Waals surface area (Å²) in [6, 6.07) is 8.71. The van der Waals surface area contributed by atoms with Gasteiger partial charge in [-0.25, -0.2) is 27.2 Å². The van der Waals surface area contributed by atoms with Crippen LogP contribution in [-0.4, -0.2) is 45.0 Å². The van der Waals surface area contributed by atoms with E-state index in [2.05, 4.69) is 44.2 Å². The van der Waals surface area contributed by atoms with Gasteiger partial charge in [-0.05, 0) is 67.0 Å². The van der Waals surface area contributed by atoms with Crippen molar-refractivity contribution in [3.05, 3.63) is 70.8 Å². The fourth-order valence-corrected chi connectivity index (χ4v) is 6.88. The van der Waals surface area contributed by atoms with Crippen LogP contribution in [0.4, 0.5) is 8.78 Å². The third kappa shape index (κ3) is 3.29. The summed E-state index contributed by atoms with van der Waals surface area (Å²) in [5, 5.41) is 15.7. The Morgan fingerprint density at radius 3 is 2.43 bits per heavy atom.